The van der Waals surface area contributed by atoms with E-state index in [1.165, 1.54) is 6.20 Å². The van der Waals surface area contributed by atoms with E-state index in [2.05, 4.69) is 4.98 Å². The van der Waals surface area contributed by atoms with Crippen LogP contribution in [-0.2, 0) is 9.47 Å². The molecule has 20 heavy (non-hydrogen) atoms. The Kier molecular flexibility index (Phi) is 4.47. The number of hydrogen-bond acceptors (Lipinski definition) is 4. The first-order chi connectivity index (χ1) is 8.99. The number of hydrogen-bond donors (Lipinski definition) is 1. The average molecular weight is 282 g/mol. The maximum atomic E-state index is 12.2. The Morgan fingerprint density at radius 1 is 1.00 bits per heavy atom. The molecule has 1 rings (SSSR count). The van der Waals surface area contributed by atoms with Gasteiger partial charge in [0.2, 0.25) is 0 Å². The van der Waals surface area contributed by atoms with Crippen molar-refractivity contribution in [3.05, 3.63) is 18.5 Å². The van der Waals surface area contributed by atoms with Crippen LogP contribution in [0.25, 0.3) is 0 Å². The van der Waals surface area contributed by atoms with Gasteiger partial charge in [-0.1, -0.05) is 0 Å². The van der Waals surface area contributed by atoms with Crippen LogP contribution in [-0.4, -0.2) is 28.4 Å². The number of ether oxygens (including phenoxy) is 2. The molecule has 1 heterocycles. The van der Waals surface area contributed by atoms with Gasteiger partial charge in [-0.2, -0.15) is 4.90 Å². The van der Waals surface area contributed by atoms with Crippen LogP contribution in [0.4, 0.5) is 15.3 Å². The first-order valence-corrected chi connectivity index (χ1v) is 6.38. The minimum Gasteiger partial charge on any atom is -0.443 e. The number of imide groups is 1. The molecule has 0 aliphatic carbocycles. The number of H-pyrrole nitrogens is 1. The van der Waals surface area contributed by atoms with Crippen molar-refractivity contribution in [3.8, 4) is 0 Å². The van der Waals surface area contributed by atoms with Gasteiger partial charge in [0.25, 0.3) is 0 Å². The van der Waals surface area contributed by atoms with Gasteiger partial charge in [0.1, 0.15) is 11.2 Å². The summed E-state index contributed by atoms with van der Waals surface area (Å²) < 4.78 is 10.5. The maximum absolute atomic E-state index is 12.2. The van der Waals surface area contributed by atoms with Crippen molar-refractivity contribution in [3.63, 3.8) is 0 Å². The molecule has 0 spiro atoms. The molecular formula is C14H22N2O4. The third-order valence-electron chi connectivity index (χ3n) is 1.99. The first kappa shape index (κ1) is 16.1. The van der Waals surface area contributed by atoms with E-state index >= 15 is 0 Å². The standard InChI is InChI=1S/C14H22N2O4/c1-13(2,3)19-11(17)16(10-7-8-15-9-10)12(18)20-14(4,5)6/h7-9,15H,1-6H3. The van der Waals surface area contributed by atoms with Crippen molar-refractivity contribution in [2.24, 2.45) is 0 Å². The lowest BCUT2D eigenvalue weighted by Gasteiger charge is -2.28. The molecular weight excluding hydrogens is 260 g/mol. The van der Waals surface area contributed by atoms with Crippen LogP contribution in [0, 0.1) is 0 Å². The molecule has 1 aromatic heterocycles. The van der Waals surface area contributed by atoms with Crippen LogP contribution in [0.15, 0.2) is 18.5 Å². The van der Waals surface area contributed by atoms with E-state index in [9.17, 15) is 9.59 Å². The van der Waals surface area contributed by atoms with Gasteiger partial charge in [-0.05, 0) is 47.6 Å². The minimum absolute atomic E-state index is 0.369. The predicted octanol–water partition coefficient (Wildman–Crippen LogP) is 3.69. The van der Waals surface area contributed by atoms with Gasteiger partial charge in [-0.25, -0.2) is 9.59 Å². The number of carbonyl (C=O) groups excluding carboxylic acids is 2. The quantitative estimate of drug-likeness (QED) is 0.852. The van der Waals surface area contributed by atoms with E-state index in [-0.39, 0.29) is 0 Å². The van der Waals surface area contributed by atoms with E-state index < -0.39 is 23.4 Å². The van der Waals surface area contributed by atoms with Crippen molar-refractivity contribution in [1.29, 1.82) is 0 Å². The largest absolute Gasteiger partial charge is 0.443 e. The molecule has 0 saturated carbocycles. The Morgan fingerprint density at radius 2 is 1.45 bits per heavy atom. The number of nitrogens with one attached hydrogen (secondary N) is 1. The van der Waals surface area contributed by atoms with Gasteiger partial charge in [-0.15, -0.1) is 0 Å². The van der Waals surface area contributed by atoms with Crippen LogP contribution in [0.5, 0.6) is 0 Å². The molecule has 0 bridgehead atoms. The molecule has 6 heteroatoms. The maximum Gasteiger partial charge on any atom is 0.424 e. The van der Waals surface area contributed by atoms with Crippen LogP contribution >= 0.6 is 0 Å². The van der Waals surface area contributed by atoms with Crippen molar-refractivity contribution in [2.75, 3.05) is 4.90 Å². The van der Waals surface area contributed by atoms with Crippen LogP contribution in [0.3, 0.4) is 0 Å². The fourth-order valence-corrected chi connectivity index (χ4v) is 1.35. The molecule has 0 aromatic carbocycles. The van der Waals surface area contributed by atoms with E-state index in [0.717, 1.165) is 4.90 Å². The Balaban J connectivity index is 2.98. The van der Waals surface area contributed by atoms with Crippen molar-refractivity contribution in [1.82, 2.24) is 4.98 Å². The zero-order valence-electron chi connectivity index (χ0n) is 12.8. The highest BCUT2D eigenvalue weighted by atomic mass is 16.6. The van der Waals surface area contributed by atoms with Gasteiger partial charge in [0.05, 0.1) is 5.69 Å². The summed E-state index contributed by atoms with van der Waals surface area (Å²) in [6.07, 6.45) is 1.59. The average Bonchev–Trinajstić information content (AvgIpc) is 2.64. The number of anilines is 1. The third-order valence-corrected chi connectivity index (χ3v) is 1.99. The van der Waals surface area contributed by atoms with Crippen LogP contribution < -0.4 is 4.90 Å². The summed E-state index contributed by atoms with van der Waals surface area (Å²) in [5.74, 6) is 0. The smallest absolute Gasteiger partial charge is 0.424 e. The summed E-state index contributed by atoms with van der Waals surface area (Å²) in [5.41, 5.74) is -1.03. The monoisotopic (exact) mass is 282 g/mol. The third kappa shape index (κ3) is 4.95. The van der Waals surface area contributed by atoms with Gasteiger partial charge in [0, 0.05) is 12.4 Å². The molecule has 0 aliphatic rings. The topological polar surface area (TPSA) is 71.6 Å². The molecule has 1 aromatic rings. The van der Waals surface area contributed by atoms with Gasteiger partial charge in [-0.3, -0.25) is 0 Å². The Morgan fingerprint density at radius 3 is 1.75 bits per heavy atom. The Hall–Kier alpha value is -1.98. The predicted molar refractivity (Wildman–Crippen MR) is 75.7 cm³/mol. The SMILES string of the molecule is CC(C)(C)OC(=O)N(C(=O)OC(C)(C)C)c1cc[nH]c1. The molecule has 0 saturated heterocycles. The van der Waals surface area contributed by atoms with Gasteiger partial charge >= 0.3 is 12.2 Å². The summed E-state index contributed by atoms with van der Waals surface area (Å²) in [6, 6.07) is 1.59. The van der Waals surface area contributed by atoms with Crippen LogP contribution in [0.2, 0.25) is 0 Å². The lowest BCUT2D eigenvalue weighted by atomic mass is 10.2. The van der Waals surface area contributed by atoms with E-state index in [0.29, 0.717) is 5.69 Å². The summed E-state index contributed by atoms with van der Waals surface area (Å²) in [6.45, 7) is 10.4. The molecule has 0 unspecified atom stereocenters. The molecule has 0 radical (unpaired) electrons. The summed E-state index contributed by atoms with van der Waals surface area (Å²) in [4.78, 5) is 28.0. The zero-order chi connectivity index (χ0) is 15.6. The summed E-state index contributed by atoms with van der Waals surface area (Å²) in [5, 5.41) is 0. The first-order valence-electron chi connectivity index (χ1n) is 6.38. The summed E-state index contributed by atoms with van der Waals surface area (Å²) in [7, 11) is 0. The van der Waals surface area contributed by atoms with Gasteiger partial charge < -0.3 is 14.5 Å². The highest BCUT2D eigenvalue weighted by Crippen LogP contribution is 2.20. The number of aromatic nitrogens is 1. The second-order valence-electron chi connectivity index (χ2n) is 6.37. The Bertz CT molecular complexity index is 438. The fraction of sp³-hybridized carbons (Fsp3) is 0.571. The van der Waals surface area contributed by atoms with E-state index in [1.807, 2.05) is 0 Å². The molecule has 0 atom stereocenters. The normalized spacial score (nSPS) is 11.9. The highest BCUT2D eigenvalue weighted by molar-refractivity contribution is 6.09. The van der Waals surface area contributed by atoms with Gasteiger partial charge in [0.15, 0.2) is 0 Å². The van der Waals surface area contributed by atoms with E-state index in [1.54, 1.807) is 53.8 Å². The molecule has 1 N–H and O–H groups in total. The number of amides is 2. The van der Waals surface area contributed by atoms with Crippen molar-refractivity contribution >= 4 is 17.9 Å². The molecule has 0 aliphatic heterocycles. The lowest BCUT2D eigenvalue weighted by molar-refractivity contribution is 0.0431. The minimum atomic E-state index is -0.772. The van der Waals surface area contributed by atoms with Crippen molar-refractivity contribution in [2.45, 2.75) is 52.7 Å². The number of carbonyl (C=O) groups is 2. The molecule has 2 amide bonds. The van der Waals surface area contributed by atoms with Crippen molar-refractivity contribution < 1.29 is 19.1 Å². The number of nitrogens with zero attached hydrogens (tertiary/aromatic N) is 1. The van der Waals surface area contributed by atoms with E-state index in [4.69, 9.17) is 9.47 Å². The molecule has 112 valence electrons. The number of rotatable bonds is 1. The molecule has 0 fully saturated rings. The second-order valence-corrected chi connectivity index (χ2v) is 6.37. The molecule has 6 nitrogen and oxygen atoms in total. The number of aromatic amines is 1. The fourth-order valence-electron chi connectivity index (χ4n) is 1.35. The van der Waals surface area contributed by atoms with Crippen LogP contribution in [0.1, 0.15) is 41.5 Å². The highest BCUT2D eigenvalue weighted by Gasteiger charge is 2.32. The second kappa shape index (κ2) is 5.56. The lowest BCUT2D eigenvalue weighted by Crippen LogP contribution is -2.43. The summed E-state index contributed by atoms with van der Waals surface area (Å²) >= 11 is 0. The Labute approximate surface area is 119 Å². The zero-order valence-corrected chi connectivity index (χ0v) is 12.8.